The van der Waals surface area contributed by atoms with Crippen molar-refractivity contribution in [3.63, 3.8) is 0 Å². The van der Waals surface area contributed by atoms with Crippen molar-refractivity contribution in [3.05, 3.63) is 18.2 Å². The van der Waals surface area contributed by atoms with Gasteiger partial charge in [-0.1, -0.05) is 0 Å². The number of methoxy groups -OCH3 is 1. The Balaban J connectivity index is 2.97. The number of hydrogen-bond donors (Lipinski definition) is 4. The van der Waals surface area contributed by atoms with E-state index in [1.165, 1.54) is 0 Å². The predicted molar refractivity (Wildman–Crippen MR) is 61.9 cm³/mol. The number of hydrogen-bond acceptors (Lipinski definition) is 4. The summed E-state index contributed by atoms with van der Waals surface area (Å²) < 4.78 is 5.24. The Morgan fingerprint density at radius 1 is 1.25 bits per heavy atom. The molecule has 0 saturated heterocycles. The summed E-state index contributed by atoms with van der Waals surface area (Å²) in [7, 11) is 1.58. The van der Waals surface area contributed by atoms with E-state index in [9.17, 15) is 0 Å². The van der Waals surface area contributed by atoms with E-state index in [0.29, 0.717) is 24.5 Å². The summed E-state index contributed by atoms with van der Waals surface area (Å²) in [5.41, 5.74) is 7.20. The lowest BCUT2D eigenvalue weighted by Crippen LogP contribution is -3.08. The van der Waals surface area contributed by atoms with Crippen molar-refractivity contribution in [2.45, 2.75) is 0 Å². The van der Waals surface area contributed by atoms with Crippen LogP contribution in [-0.2, 0) is 0 Å². The largest absolute Gasteiger partial charge is 0.491 e. The second kappa shape index (κ2) is 6.32. The van der Waals surface area contributed by atoms with E-state index in [0.717, 1.165) is 10.6 Å². The average molecular weight is 227 g/mol. The van der Waals surface area contributed by atoms with Gasteiger partial charge in [-0.15, -0.1) is 0 Å². The molecule has 0 fully saturated rings. The Morgan fingerprint density at radius 2 is 1.88 bits per heavy atom. The second-order valence-electron chi connectivity index (χ2n) is 3.51. The lowest BCUT2D eigenvalue weighted by molar-refractivity contribution is -0.834. The van der Waals surface area contributed by atoms with Gasteiger partial charge in [0.25, 0.3) is 0 Å². The minimum Gasteiger partial charge on any atom is -0.491 e. The van der Waals surface area contributed by atoms with Crippen molar-refractivity contribution in [1.29, 1.82) is 0 Å². The van der Waals surface area contributed by atoms with Crippen LogP contribution < -0.4 is 15.4 Å². The third kappa shape index (κ3) is 3.10. The van der Waals surface area contributed by atoms with E-state index in [-0.39, 0.29) is 13.2 Å². The van der Waals surface area contributed by atoms with Gasteiger partial charge in [0.15, 0.2) is 11.4 Å². The molecule has 5 heteroatoms. The number of benzene rings is 1. The maximum atomic E-state index is 8.97. The Morgan fingerprint density at radius 3 is 2.38 bits per heavy atom. The van der Waals surface area contributed by atoms with Crippen LogP contribution in [0, 0.1) is 0 Å². The number of aliphatic hydroxyl groups excluding tert-OH is 2. The van der Waals surface area contributed by atoms with Crippen LogP contribution in [0.3, 0.4) is 0 Å². The molecule has 5 N–H and O–H groups in total. The van der Waals surface area contributed by atoms with Crippen molar-refractivity contribution in [2.75, 3.05) is 39.1 Å². The Kier molecular flexibility index (Phi) is 5.04. The molecule has 0 amide bonds. The normalized spacial score (nSPS) is 10.8. The van der Waals surface area contributed by atoms with Crippen LogP contribution in [0.15, 0.2) is 18.2 Å². The third-order valence-corrected chi connectivity index (χ3v) is 2.43. The monoisotopic (exact) mass is 227 g/mol. The fraction of sp³-hybridized carbons (Fsp3) is 0.455. The summed E-state index contributed by atoms with van der Waals surface area (Å²) in [6.45, 7) is 1.17. The van der Waals surface area contributed by atoms with Crippen molar-refractivity contribution >= 4 is 11.4 Å². The first-order valence-electron chi connectivity index (χ1n) is 5.23. The van der Waals surface area contributed by atoms with Gasteiger partial charge in [0.2, 0.25) is 0 Å². The van der Waals surface area contributed by atoms with Gasteiger partial charge in [0.05, 0.1) is 20.3 Å². The zero-order chi connectivity index (χ0) is 12.0. The zero-order valence-electron chi connectivity index (χ0n) is 9.44. The number of aliphatic hydroxyl groups is 2. The summed E-state index contributed by atoms with van der Waals surface area (Å²) in [6, 6.07) is 5.38. The molecule has 0 saturated carbocycles. The number of anilines is 1. The molecule has 0 aromatic heterocycles. The minimum atomic E-state index is 0.0584. The molecule has 0 aliphatic heterocycles. The molecule has 5 nitrogen and oxygen atoms in total. The van der Waals surface area contributed by atoms with Gasteiger partial charge in [0.1, 0.15) is 13.1 Å². The Hall–Kier alpha value is -1.30. The highest BCUT2D eigenvalue weighted by Crippen LogP contribution is 2.23. The number of ether oxygens (including phenoxy) is 1. The van der Waals surface area contributed by atoms with Crippen LogP contribution in [0.4, 0.5) is 11.4 Å². The maximum Gasteiger partial charge on any atom is 0.181 e. The van der Waals surface area contributed by atoms with Crippen LogP contribution in [0.1, 0.15) is 0 Å². The third-order valence-electron chi connectivity index (χ3n) is 2.43. The topological polar surface area (TPSA) is 80.2 Å². The summed E-state index contributed by atoms with van der Waals surface area (Å²) in [4.78, 5) is 0.974. The van der Waals surface area contributed by atoms with Crippen LogP contribution in [-0.4, -0.2) is 43.6 Å². The predicted octanol–water partition coefficient (Wildman–Crippen LogP) is -1.22. The van der Waals surface area contributed by atoms with Crippen molar-refractivity contribution < 1.29 is 19.8 Å². The van der Waals surface area contributed by atoms with Gasteiger partial charge >= 0.3 is 0 Å². The molecule has 0 spiro atoms. The summed E-state index contributed by atoms with van der Waals surface area (Å²) in [5.74, 6) is 0.678. The molecule has 0 bridgehead atoms. The fourth-order valence-corrected chi connectivity index (χ4v) is 1.66. The quantitative estimate of drug-likeness (QED) is 0.459. The van der Waals surface area contributed by atoms with Gasteiger partial charge in [-0.3, -0.25) is 4.90 Å². The van der Waals surface area contributed by atoms with E-state index in [1.54, 1.807) is 19.2 Å². The number of rotatable bonds is 6. The standard InChI is InChI=1S/C11H18N2O3/c1-16-11-8-9(12)2-3-10(11)13(4-6-14)5-7-15/h2-3,8,14-15H,4-7,12H2,1H3/p+1. The molecule has 16 heavy (non-hydrogen) atoms. The molecule has 0 aliphatic carbocycles. The fourth-order valence-electron chi connectivity index (χ4n) is 1.66. The smallest absolute Gasteiger partial charge is 0.181 e. The summed E-state index contributed by atoms with van der Waals surface area (Å²) >= 11 is 0. The van der Waals surface area contributed by atoms with Crippen LogP contribution >= 0.6 is 0 Å². The van der Waals surface area contributed by atoms with E-state index >= 15 is 0 Å². The van der Waals surface area contributed by atoms with Crippen LogP contribution in [0.25, 0.3) is 0 Å². The first kappa shape index (κ1) is 12.8. The highest BCUT2D eigenvalue weighted by atomic mass is 16.5. The second-order valence-corrected chi connectivity index (χ2v) is 3.51. The SMILES string of the molecule is COc1cc(N)ccc1[NH+](CCO)CCO. The van der Waals surface area contributed by atoms with Gasteiger partial charge in [-0.05, 0) is 6.07 Å². The molecule has 1 rings (SSSR count). The number of nitrogens with two attached hydrogens (primary N) is 1. The van der Waals surface area contributed by atoms with Gasteiger partial charge in [-0.25, -0.2) is 0 Å². The van der Waals surface area contributed by atoms with Crippen LogP contribution in [0.5, 0.6) is 5.75 Å². The van der Waals surface area contributed by atoms with E-state index < -0.39 is 0 Å². The minimum absolute atomic E-state index is 0.0584. The number of nitrogen functional groups attached to an aromatic ring is 1. The van der Waals surface area contributed by atoms with E-state index in [1.807, 2.05) is 6.07 Å². The van der Waals surface area contributed by atoms with E-state index in [4.69, 9.17) is 20.7 Å². The van der Waals surface area contributed by atoms with Crippen molar-refractivity contribution in [2.24, 2.45) is 0 Å². The van der Waals surface area contributed by atoms with E-state index in [2.05, 4.69) is 0 Å². The highest BCUT2D eigenvalue weighted by molar-refractivity contribution is 5.55. The molecule has 1 aromatic rings. The molecule has 90 valence electrons. The molecular formula is C11H19N2O3+. The van der Waals surface area contributed by atoms with Gasteiger partial charge in [-0.2, -0.15) is 0 Å². The lowest BCUT2D eigenvalue weighted by Gasteiger charge is -2.19. The molecule has 0 unspecified atom stereocenters. The summed E-state index contributed by atoms with van der Waals surface area (Å²) in [5, 5.41) is 17.9. The molecule has 0 radical (unpaired) electrons. The molecule has 0 atom stereocenters. The first-order chi connectivity index (χ1) is 7.72. The van der Waals surface area contributed by atoms with Crippen molar-refractivity contribution in [3.8, 4) is 5.75 Å². The highest BCUT2D eigenvalue weighted by Gasteiger charge is 2.16. The Bertz CT molecular complexity index is 325. The Labute approximate surface area is 95.1 Å². The van der Waals surface area contributed by atoms with Crippen LogP contribution in [0.2, 0.25) is 0 Å². The number of quaternary nitrogens is 1. The summed E-state index contributed by atoms with van der Waals surface area (Å²) in [6.07, 6.45) is 0. The maximum absolute atomic E-state index is 8.97. The first-order valence-corrected chi connectivity index (χ1v) is 5.23. The molecule has 0 aliphatic rings. The van der Waals surface area contributed by atoms with Crippen molar-refractivity contribution in [1.82, 2.24) is 0 Å². The molecule has 0 heterocycles. The molecule has 1 aromatic carbocycles. The molecular weight excluding hydrogens is 208 g/mol. The van der Waals surface area contributed by atoms with Gasteiger partial charge in [0, 0.05) is 17.8 Å². The average Bonchev–Trinajstić information content (AvgIpc) is 2.28. The lowest BCUT2D eigenvalue weighted by atomic mass is 10.2. The number of nitrogens with one attached hydrogen (secondary N) is 1. The van der Waals surface area contributed by atoms with Gasteiger partial charge < -0.3 is 20.7 Å². The zero-order valence-corrected chi connectivity index (χ0v) is 9.44.